The fourth-order valence-electron chi connectivity index (χ4n) is 1.46. The molecular weight excluding hydrogens is 284 g/mol. The number of allylic oxidation sites excluding steroid dienone is 1. The Labute approximate surface area is 118 Å². The predicted molar refractivity (Wildman–Crippen MR) is 73.9 cm³/mol. The van der Waals surface area contributed by atoms with Crippen molar-refractivity contribution in [3.8, 4) is 0 Å². The van der Waals surface area contributed by atoms with Crippen molar-refractivity contribution in [1.29, 1.82) is 0 Å². The molecule has 0 atom stereocenters. The summed E-state index contributed by atoms with van der Waals surface area (Å²) in [6.45, 7) is 0. The number of hydrogen-bond acceptors (Lipinski definition) is 5. The molecule has 0 aliphatic heterocycles. The van der Waals surface area contributed by atoms with E-state index in [1.165, 1.54) is 30.7 Å². The van der Waals surface area contributed by atoms with Gasteiger partial charge in [-0.2, -0.15) is 0 Å². The summed E-state index contributed by atoms with van der Waals surface area (Å²) in [5, 5.41) is 13.5. The number of ketones is 1. The molecule has 0 unspecified atom stereocenters. The average molecular weight is 293 g/mol. The minimum absolute atomic E-state index is 0.0520. The third-order valence-electron chi connectivity index (χ3n) is 2.39. The van der Waals surface area contributed by atoms with Gasteiger partial charge >= 0.3 is 0 Å². The molecule has 0 fully saturated rings. The van der Waals surface area contributed by atoms with Gasteiger partial charge in [0.1, 0.15) is 5.02 Å². The van der Waals surface area contributed by atoms with E-state index in [-0.39, 0.29) is 22.3 Å². The van der Waals surface area contributed by atoms with Crippen molar-refractivity contribution in [2.75, 3.05) is 5.32 Å². The lowest BCUT2D eigenvalue weighted by molar-refractivity contribution is -0.384. The van der Waals surface area contributed by atoms with Crippen LogP contribution in [0.1, 0.15) is 10.6 Å². The maximum absolute atomic E-state index is 11.6. The van der Waals surface area contributed by atoms with E-state index < -0.39 is 4.92 Å². The van der Waals surface area contributed by atoms with Gasteiger partial charge in [-0.3, -0.25) is 14.9 Å². The van der Waals surface area contributed by atoms with Gasteiger partial charge in [0.15, 0.2) is 5.76 Å². The number of carbonyl (C=O) groups excluding carboxylic acids is 1. The zero-order chi connectivity index (χ0) is 14.5. The maximum atomic E-state index is 11.6. The second-order valence-electron chi connectivity index (χ2n) is 3.74. The number of nitro groups is 1. The summed E-state index contributed by atoms with van der Waals surface area (Å²) in [5.74, 6) is -0.101. The molecule has 20 heavy (non-hydrogen) atoms. The standard InChI is InChI=1S/C13H9ClN2O4/c14-10-4-3-9(8-11(10)16(18)19)15-6-5-12(17)13-2-1-7-20-13/h1-8,15H/b6-5+. The zero-order valence-electron chi connectivity index (χ0n) is 10.1. The van der Waals surface area contributed by atoms with Crippen molar-refractivity contribution >= 4 is 28.8 Å². The number of carbonyl (C=O) groups is 1. The molecule has 102 valence electrons. The normalized spacial score (nSPS) is 10.7. The molecule has 0 spiro atoms. The Kier molecular flexibility index (Phi) is 4.17. The average Bonchev–Trinajstić information content (AvgIpc) is 2.94. The van der Waals surface area contributed by atoms with E-state index in [1.807, 2.05) is 0 Å². The number of halogens is 1. The molecule has 1 aromatic carbocycles. The molecule has 2 aromatic rings. The third kappa shape index (κ3) is 3.24. The monoisotopic (exact) mass is 292 g/mol. The van der Waals surface area contributed by atoms with Gasteiger partial charge in [-0.15, -0.1) is 0 Å². The van der Waals surface area contributed by atoms with Crippen molar-refractivity contribution in [3.05, 3.63) is 69.8 Å². The van der Waals surface area contributed by atoms with Crippen LogP contribution >= 0.6 is 11.6 Å². The molecule has 0 aliphatic carbocycles. The lowest BCUT2D eigenvalue weighted by atomic mass is 10.2. The molecule has 0 bridgehead atoms. The molecule has 0 saturated heterocycles. The number of benzene rings is 1. The summed E-state index contributed by atoms with van der Waals surface area (Å²) < 4.78 is 4.93. The summed E-state index contributed by atoms with van der Waals surface area (Å²) >= 11 is 5.69. The fourth-order valence-corrected chi connectivity index (χ4v) is 1.64. The van der Waals surface area contributed by atoms with Crippen LogP contribution in [0.5, 0.6) is 0 Å². The number of anilines is 1. The molecule has 2 rings (SSSR count). The number of hydrogen-bond donors (Lipinski definition) is 1. The smallest absolute Gasteiger partial charge is 0.289 e. The first-order valence-electron chi connectivity index (χ1n) is 5.53. The van der Waals surface area contributed by atoms with Gasteiger partial charge in [-0.1, -0.05) is 11.6 Å². The van der Waals surface area contributed by atoms with E-state index in [9.17, 15) is 14.9 Å². The first-order valence-corrected chi connectivity index (χ1v) is 5.90. The van der Waals surface area contributed by atoms with Gasteiger partial charge in [-0.05, 0) is 24.3 Å². The van der Waals surface area contributed by atoms with Crippen LogP contribution in [0.2, 0.25) is 5.02 Å². The lowest BCUT2D eigenvalue weighted by Crippen LogP contribution is -1.95. The molecule has 1 aromatic heterocycles. The van der Waals surface area contributed by atoms with E-state index in [2.05, 4.69) is 5.32 Å². The number of nitro benzene ring substituents is 1. The van der Waals surface area contributed by atoms with Crippen molar-refractivity contribution in [3.63, 3.8) is 0 Å². The minimum atomic E-state index is -0.578. The van der Waals surface area contributed by atoms with Gasteiger partial charge in [0.05, 0.1) is 11.2 Å². The van der Waals surface area contributed by atoms with E-state index in [4.69, 9.17) is 16.0 Å². The zero-order valence-corrected chi connectivity index (χ0v) is 10.8. The summed E-state index contributed by atoms with van der Waals surface area (Å²) in [4.78, 5) is 21.7. The first-order chi connectivity index (χ1) is 9.58. The molecule has 0 amide bonds. The van der Waals surface area contributed by atoms with Gasteiger partial charge in [0.2, 0.25) is 5.78 Å². The van der Waals surface area contributed by atoms with E-state index >= 15 is 0 Å². The quantitative estimate of drug-likeness (QED) is 0.393. The van der Waals surface area contributed by atoms with E-state index in [0.717, 1.165) is 0 Å². The van der Waals surface area contributed by atoms with Crippen LogP contribution in [0.25, 0.3) is 0 Å². The Morgan fingerprint density at radius 3 is 2.85 bits per heavy atom. The van der Waals surface area contributed by atoms with E-state index in [0.29, 0.717) is 5.69 Å². The van der Waals surface area contributed by atoms with Gasteiger partial charge in [0.25, 0.3) is 5.69 Å². The van der Waals surface area contributed by atoms with Crippen LogP contribution in [0, 0.1) is 10.1 Å². The molecular formula is C13H9ClN2O4. The Morgan fingerprint density at radius 1 is 1.40 bits per heavy atom. The van der Waals surface area contributed by atoms with Gasteiger partial charge in [0, 0.05) is 24.0 Å². The molecule has 1 N–H and O–H groups in total. The second-order valence-corrected chi connectivity index (χ2v) is 4.15. The first kappa shape index (κ1) is 13.8. The Bertz CT molecular complexity index is 665. The number of nitrogens with zero attached hydrogens (tertiary/aromatic N) is 1. The maximum Gasteiger partial charge on any atom is 0.289 e. The molecule has 7 heteroatoms. The van der Waals surface area contributed by atoms with Crippen LogP contribution in [0.3, 0.4) is 0 Å². The Morgan fingerprint density at radius 2 is 2.20 bits per heavy atom. The molecule has 1 heterocycles. The van der Waals surface area contributed by atoms with Crippen LogP contribution in [-0.2, 0) is 0 Å². The SMILES string of the molecule is O=C(/C=C/Nc1ccc(Cl)c([N+](=O)[O-])c1)c1ccco1. The number of nitrogens with one attached hydrogen (secondary N) is 1. The number of furan rings is 1. The highest BCUT2D eigenvalue weighted by Gasteiger charge is 2.12. The van der Waals surface area contributed by atoms with Crippen LogP contribution in [-0.4, -0.2) is 10.7 Å². The largest absolute Gasteiger partial charge is 0.461 e. The minimum Gasteiger partial charge on any atom is -0.461 e. The second kappa shape index (κ2) is 6.03. The molecule has 0 aliphatic rings. The predicted octanol–water partition coefficient (Wildman–Crippen LogP) is 3.65. The van der Waals surface area contributed by atoms with Crippen LogP contribution in [0.15, 0.2) is 53.3 Å². The van der Waals surface area contributed by atoms with Crippen molar-refractivity contribution in [2.24, 2.45) is 0 Å². The van der Waals surface area contributed by atoms with Crippen LogP contribution < -0.4 is 5.32 Å². The topological polar surface area (TPSA) is 85.4 Å². The summed E-state index contributed by atoms with van der Waals surface area (Å²) in [6, 6.07) is 7.40. The third-order valence-corrected chi connectivity index (χ3v) is 2.71. The van der Waals surface area contributed by atoms with Gasteiger partial charge < -0.3 is 9.73 Å². The Balaban J connectivity index is 2.06. The molecule has 0 saturated carbocycles. The summed E-state index contributed by atoms with van der Waals surface area (Å²) in [5.41, 5.74) is 0.243. The van der Waals surface area contributed by atoms with Gasteiger partial charge in [-0.25, -0.2) is 0 Å². The molecule has 0 radical (unpaired) electrons. The highest BCUT2D eigenvalue weighted by Crippen LogP contribution is 2.27. The highest BCUT2D eigenvalue weighted by atomic mass is 35.5. The number of rotatable bonds is 5. The lowest BCUT2D eigenvalue weighted by Gasteiger charge is -2.01. The fraction of sp³-hybridized carbons (Fsp3) is 0. The van der Waals surface area contributed by atoms with Crippen LogP contribution in [0.4, 0.5) is 11.4 Å². The van der Waals surface area contributed by atoms with Crippen molar-refractivity contribution in [1.82, 2.24) is 0 Å². The molecule has 6 nitrogen and oxygen atoms in total. The van der Waals surface area contributed by atoms with Crippen molar-refractivity contribution < 1.29 is 14.1 Å². The van der Waals surface area contributed by atoms with Crippen molar-refractivity contribution in [2.45, 2.75) is 0 Å². The van der Waals surface area contributed by atoms with E-state index in [1.54, 1.807) is 18.2 Å². The summed E-state index contributed by atoms with van der Waals surface area (Å²) in [6.07, 6.45) is 4.04. The summed E-state index contributed by atoms with van der Waals surface area (Å²) in [7, 11) is 0. The Hall–Kier alpha value is -2.60. The highest BCUT2D eigenvalue weighted by molar-refractivity contribution is 6.32.